The van der Waals surface area contributed by atoms with Crippen molar-refractivity contribution >= 4 is 11.7 Å². The molecule has 0 spiro atoms. The SMILES string of the molecule is Cc1ccc(C)c(C(=O)C(C)N2CCC(C(N)=O)C2)c1. The van der Waals surface area contributed by atoms with Crippen molar-refractivity contribution in [3.8, 4) is 0 Å². The molecule has 0 aliphatic carbocycles. The molecule has 0 radical (unpaired) electrons. The summed E-state index contributed by atoms with van der Waals surface area (Å²) in [6.07, 6.45) is 0.750. The summed E-state index contributed by atoms with van der Waals surface area (Å²) in [4.78, 5) is 25.9. The number of primary amides is 1. The normalized spacial score (nSPS) is 20.9. The van der Waals surface area contributed by atoms with Crippen molar-refractivity contribution in [3.05, 3.63) is 34.9 Å². The lowest BCUT2D eigenvalue weighted by Gasteiger charge is -2.23. The number of rotatable bonds is 4. The number of benzene rings is 1. The minimum absolute atomic E-state index is 0.121. The topological polar surface area (TPSA) is 63.4 Å². The Kier molecular flexibility index (Phi) is 4.23. The van der Waals surface area contributed by atoms with E-state index in [0.717, 1.165) is 29.7 Å². The fourth-order valence-electron chi connectivity index (χ4n) is 2.76. The van der Waals surface area contributed by atoms with Crippen molar-refractivity contribution in [1.82, 2.24) is 4.90 Å². The number of carbonyl (C=O) groups is 2. The molecule has 2 atom stereocenters. The summed E-state index contributed by atoms with van der Waals surface area (Å²) in [7, 11) is 0. The van der Waals surface area contributed by atoms with Gasteiger partial charge in [0.15, 0.2) is 5.78 Å². The summed E-state index contributed by atoms with van der Waals surface area (Å²) < 4.78 is 0. The van der Waals surface area contributed by atoms with E-state index in [9.17, 15) is 9.59 Å². The molecule has 1 heterocycles. The van der Waals surface area contributed by atoms with Crippen LogP contribution in [0, 0.1) is 19.8 Å². The molecule has 4 nitrogen and oxygen atoms in total. The Labute approximate surface area is 119 Å². The van der Waals surface area contributed by atoms with Crippen LogP contribution in [0.2, 0.25) is 0 Å². The van der Waals surface area contributed by atoms with Crippen LogP contribution >= 0.6 is 0 Å². The van der Waals surface area contributed by atoms with E-state index in [2.05, 4.69) is 4.90 Å². The lowest BCUT2D eigenvalue weighted by molar-refractivity contribution is -0.121. The van der Waals surface area contributed by atoms with Crippen molar-refractivity contribution in [3.63, 3.8) is 0 Å². The molecule has 1 aromatic carbocycles. The van der Waals surface area contributed by atoms with E-state index in [1.165, 1.54) is 0 Å². The molecule has 1 aliphatic rings. The van der Waals surface area contributed by atoms with Crippen LogP contribution in [0.3, 0.4) is 0 Å². The van der Waals surface area contributed by atoms with Gasteiger partial charge in [0.05, 0.1) is 12.0 Å². The Hall–Kier alpha value is -1.68. The highest BCUT2D eigenvalue weighted by Crippen LogP contribution is 2.21. The van der Waals surface area contributed by atoms with Gasteiger partial charge in [0, 0.05) is 12.1 Å². The van der Waals surface area contributed by atoms with Gasteiger partial charge in [-0.15, -0.1) is 0 Å². The summed E-state index contributed by atoms with van der Waals surface area (Å²) >= 11 is 0. The van der Waals surface area contributed by atoms with E-state index in [0.29, 0.717) is 6.54 Å². The maximum absolute atomic E-state index is 12.6. The second-order valence-electron chi connectivity index (χ2n) is 5.74. The highest BCUT2D eigenvalue weighted by atomic mass is 16.1. The predicted molar refractivity (Wildman–Crippen MR) is 78.6 cm³/mol. The lowest BCUT2D eigenvalue weighted by Crippen LogP contribution is -2.38. The lowest BCUT2D eigenvalue weighted by atomic mass is 9.97. The largest absolute Gasteiger partial charge is 0.369 e. The van der Waals surface area contributed by atoms with Crippen molar-refractivity contribution in [1.29, 1.82) is 0 Å². The predicted octanol–water partition coefficient (Wildman–Crippen LogP) is 1.68. The van der Waals surface area contributed by atoms with Gasteiger partial charge in [-0.05, 0) is 45.4 Å². The second kappa shape index (κ2) is 5.75. The van der Waals surface area contributed by atoms with Crippen molar-refractivity contribution < 1.29 is 9.59 Å². The van der Waals surface area contributed by atoms with Crippen LogP contribution in [0.1, 0.15) is 34.8 Å². The molecular formula is C16H22N2O2. The Morgan fingerprint density at radius 2 is 2.05 bits per heavy atom. The number of aryl methyl sites for hydroxylation is 2. The van der Waals surface area contributed by atoms with E-state index in [1.54, 1.807) is 0 Å². The van der Waals surface area contributed by atoms with Crippen LogP contribution in [0.15, 0.2) is 18.2 Å². The third-order valence-electron chi connectivity index (χ3n) is 4.21. The van der Waals surface area contributed by atoms with Crippen LogP contribution in [0.4, 0.5) is 0 Å². The number of nitrogens with two attached hydrogens (primary N) is 1. The number of ketones is 1. The Morgan fingerprint density at radius 3 is 2.65 bits per heavy atom. The molecule has 0 aromatic heterocycles. The van der Waals surface area contributed by atoms with Crippen molar-refractivity contribution in [2.45, 2.75) is 33.2 Å². The standard InChI is InChI=1S/C16H22N2O2/c1-10-4-5-11(2)14(8-10)15(19)12(3)18-7-6-13(9-18)16(17)20/h4-5,8,12-13H,6-7,9H2,1-3H3,(H2,17,20). The molecule has 2 N–H and O–H groups in total. The second-order valence-corrected chi connectivity index (χ2v) is 5.74. The zero-order valence-corrected chi connectivity index (χ0v) is 12.3. The third-order valence-corrected chi connectivity index (χ3v) is 4.21. The maximum Gasteiger partial charge on any atom is 0.221 e. The molecule has 2 rings (SSSR count). The first-order valence-corrected chi connectivity index (χ1v) is 7.05. The van der Waals surface area contributed by atoms with E-state index in [4.69, 9.17) is 5.73 Å². The van der Waals surface area contributed by atoms with E-state index < -0.39 is 0 Å². The molecule has 2 unspecified atom stereocenters. The van der Waals surface area contributed by atoms with Crippen molar-refractivity contribution in [2.75, 3.05) is 13.1 Å². The number of amides is 1. The molecular weight excluding hydrogens is 252 g/mol. The first-order chi connectivity index (χ1) is 9.40. The summed E-state index contributed by atoms with van der Waals surface area (Å²) in [6.45, 7) is 7.20. The smallest absolute Gasteiger partial charge is 0.221 e. The molecule has 1 aromatic rings. The molecule has 0 saturated carbocycles. The molecule has 0 bridgehead atoms. The summed E-state index contributed by atoms with van der Waals surface area (Å²) in [6, 6.07) is 5.72. The summed E-state index contributed by atoms with van der Waals surface area (Å²) in [5.74, 6) is -0.265. The molecule has 108 valence electrons. The molecule has 1 fully saturated rings. The van der Waals surface area contributed by atoms with Crippen LogP contribution < -0.4 is 5.73 Å². The van der Waals surface area contributed by atoms with Crippen molar-refractivity contribution in [2.24, 2.45) is 11.7 Å². The Balaban J connectivity index is 2.13. The highest BCUT2D eigenvalue weighted by molar-refractivity contribution is 6.01. The van der Waals surface area contributed by atoms with Gasteiger partial charge in [-0.1, -0.05) is 17.7 Å². The average molecular weight is 274 g/mol. The fourth-order valence-corrected chi connectivity index (χ4v) is 2.76. The molecule has 4 heteroatoms. The van der Waals surface area contributed by atoms with E-state index in [1.807, 2.05) is 39.0 Å². The molecule has 1 aliphatic heterocycles. The van der Waals surface area contributed by atoms with Gasteiger partial charge < -0.3 is 5.73 Å². The minimum atomic E-state index is -0.265. The maximum atomic E-state index is 12.6. The first-order valence-electron chi connectivity index (χ1n) is 7.05. The van der Waals surface area contributed by atoms with Gasteiger partial charge in [0.2, 0.25) is 5.91 Å². The van der Waals surface area contributed by atoms with Crippen LogP contribution in [-0.2, 0) is 4.79 Å². The van der Waals surface area contributed by atoms with Crippen LogP contribution in [0.5, 0.6) is 0 Å². The quantitative estimate of drug-likeness (QED) is 0.850. The third kappa shape index (κ3) is 2.90. The number of hydrogen-bond acceptors (Lipinski definition) is 3. The van der Waals surface area contributed by atoms with Gasteiger partial charge in [0.1, 0.15) is 0 Å². The monoisotopic (exact) mass is 274 g/mol. The van der Waals surface area contributed by atoms with Gasteiger partial charge >= 0.3 is 0 Å². The van der Waals surface area contributed by atoms with Gasteiger partial charge in [-0.25, -0.2) is 0 Å². The van der Waals surface area contributed by atoms with Gasteiger partial charge in [0.25, 0.3) is 0 Å². The summed E-state index contributed by atoms with van der Waals surface area (Å²) in [5, 5.41) is 0. The number of carbonyl (C=O) groups excluding carboxylic acids is 2. The van der Waals surface area contributed by atoms with Crippen LogP contribution in [0.25, 0.3) is 0 Å². The minimum Gasteiger partial charge on any atom is -0.369 e. The number of nitrogens with zero attached hydrogens (tertiary/aromatic N) is 1. The van der Waals surface area contributed by atoms with Gasteiger partial charge in [-0.2, -0.15) is 0 Å². The van der Waals surface area contributed by atoms with Gasteiger partial charge in [-0.3, -0.25) is 14.5 Å². The number of Topliss-reactive ketones (excluding diaryl/α,β-unsaturated/α-hetero) is 1. The zero-order valence-electron chi connectivity index (χ0n) is 12.3. The Morgan fingerprint density at radius 1 is 1.35 bits per heavy atom. The zero-order chi connectivity index (χ0) is 14.9. The fraction of sp³-hybridized carbons (Fsp3) is 0.500. The molecule has 1 amide bonds. The van der Waals surface area contributed by atoms with E-state index in [-0.39, 0.29) is 23.7 Å². The number of likely N-dealkylation sites (tertiary alicyclic amines) is 1. The average Bonchev–Trinajstić information content (AvgIpc) is 2.89. The van der Waals surface area contributed by atoms with E-state index >= 15 is 0 Å². The molecule has 1 saturated heterocycles. The Bertz CT molecular complexity index is 539. The molecule has 20 heavy (non-hydrogen) atoms. The highest BCUT2D eigenvalue weighted by Gasteiger charge is 2.32. The number of hydrogen-bond donors (Lipinski definition) is 1. The first kappa shape index (κ1) is 14.7. The summed E-state index contributed by atoms with van der Waals surface area (Å²) in [5.41, 5.74) is 8.20. The van der Waals surface area contributed by atoms with Crippen LogP contribution in [-0.4, -0.2) is 35.7 Å².